The number of aryl methyl sites for hydroxylation is 1. The number of imidazole rings is 1. The number of hydrogen-bond donors (Lipinski definition) is 1. The molecule has 0 spiro atoms. The first-order chi connectivity index (χ1) is 15.7. The van der Waals surface area contributed by atoms with Crippen LogP contribution < -0.4 is 9.46 Å². The van der Waals surface area contributed by atoms with E-state index >= 15 is 0 Å². The van der Waals surface area contributed by atoms with Crippen LogP contribution in [0.2, 0.25) is 0 Å². The Balaban J connectivity index is 1.47. The standard InChI is InChI=1S/C21H18N6O5S/c1-14-15(2)26(13-24-14)20-11-21(23-12-22-20)32-18-7-3-16(4-8-18)25-33(30,31)19-9-5-17(6-10-19)27(28)29/h3-13,25H,1-2H3. The maximum atomic E-state index is 12.5. The van der Waals surface area contributed by atoms with Crippen LogP contribution in [0.1, 0.15) is 11.4 Å². The molecule has 0 aliphatic rings. The number of anilines is 1. The lowest BCUT2D eigenvalue weighted by molar-refractivity contribution is -0.384. The van der Waals surface area contributed by atoms with Crippen molar-refractivity contribution in [3.63, 3.8) is 0 Å². The van der Waals surface area contributed by atoms with Crippen molar-refractivity contribution < 1.29 is 18.1 Å². The molecule has 33 heavy (non-hydrogen) atoms. The fourth-order valence-corrected chi connectivity index (χ4v) is 3.98. The second kappa shape index (κ2) is 8.67. The predicted molar refractivity (Wildman–Crippen MR) is 119 cm³/mol. The molecular formula is C21H18N6O5S. The molecule has 0 aliphatic carbocycles. The van der Waals surface area contributed by atoms with Gasteiger partial charge >= 0.3 is 0 Å². The second-order valence-electron chi connectivity index (χ2n) is 6.98. The Morgan fingerprint density at radius 1 is 1.00 bits per heavy atom. The number of rotatable bonds is 7. The van der Waals surface area contributed by atoms with E-state index in [2.05, 4.69) is 19.7 Å². The molecule has 11 nitrogen and oxygen atoms in total. The molecule has 2 heterocycles. The molecule has 12 heteroatoms. The van der Waals surface area contributed by atoms with Crippen LogP contribution in [0.5, 0.6) is 11.6 Å². The van der Waals surface area contributed by atoms with E-state index in [4.69, 9.17) is 4.74 Å². The van der Waals surface area contributed by atoms with Crippen LogP contribution >= 0.6 is 0 Å². The molecule has 1 N–H and O–H groups in total. The number of hydrogen-bond acceptors (Lipinski definition) is 8. The van der Waals surface area contributed by atoms with Crippen LogP contribution in [0.15, 0.2) is 72.1 Å². The molecule has 0 aliphatic heterocycles. The van der Waals surface area contributed by atoms with Gasteiger partial charge < -0.3 is 4.74 Å². The first-order valence-corrected chi connectivity index (χ1v) is 11.1. The molecule has 0 amide bonds. The summed E-state index contributed by atoms with van der Waals surface area (Å²) in [5, 5.41) is 10.7. The smallest absolute Gasteiger partial charge is 0.269 e. The van der Waals surface area contributed by atoms with Crippen molar-refractivity contribution in [1.82, 2.24) is 19.5 Å². The maximum absolute atomic E-state index is 12.5. The summed E-state index contributed by atoms with van der Waals surface area (Å²) in [4.78, 5) is 22.7. The van der Waals surface area contributed by atoms with Gasteiger partial charge in [0.25, 0.3) is 15.7 Å². The quantitative estimate of drug-likeness (QED) is 0.320. The monoisotopic (exact) mass is 466 g/mol. The molecule has 0 radical (unpaired) electrons. The molecular weight excluding hydrogens is 448 g/mol. The number of nitrogens with one attached hydrogen (secondary N) is 1. The average Bonchev–Trinajstić information content (AvgIpc) is 3.13. The molecule has 4 aromatic rings. The first-order valence-electron chi connectivity index (χ1n) is 9.61. The van der Waals surface area contributed by atoms with Crippen LogP contribution in [-0.2, 0) is 10.0 Å². The zero-order valence-electron chi connectivity index (χ0n) is 17.5. The summed E-state index contributed by atoms with van der Waals surface area (Å²) in [7, 11) is -3.91. The molecule has 4 rings (SSSR count). The van der Waals surface area contributed by atoms with Gasteiger partial charge in [0.1, 0.15) is 24.2 Å². The van der Waals surface area contributed by atoms with Gasteiger partial charge in [0.15, 0.2) is 0 Å². The zero-order valence-corrected chi connectivity index (χ0v) is 18.4. The Kier molecular flexibility index (Phi) is 5.75. The van der Waals surface area contributed by atoms with Crippen LogP contribution in [0, 0.1) is 24.0 Å². The summed E-state index contributed by atoms with van der Waals surface area (Å²) in [6, 6.07) is 12.5. The minimum atomic E-state index is -3.91. The van der Waals surface area contributed by atoms with Gasteiger partial charge in [-0.15, -0.1) is 0 Å². The van der Waals surface area contributed by atoms with Gasteiger partial charge in [-0.3, -0.25) is 19.4 Å². The van der Waals surface area contributed by atoms with Crippen LogP contribution in [-0.4, -0.2) is 32.9 Å². The van der Waals surface area contributed by atoms with Crippen LogP contribution in [0.3, 0.4) is 0 Å². The number of ether oxygens (including phenoxy) is 1. The van der Waals surface area contributed by atoms with Gasteiger partial charge in [-0.1, -0.05) is 0 Å². The van der Waals surface area contributed by atoms with Crippen molar-refractivity contribution in [1.29, 1.82) is 0 Å². The Labute approximate surface area is 188 Å². The zero-order chi connectivity index (χ0) is 23.6. The molecule has 0 unspecified atom stereocenters. The minimum absolute atomic E-state index is 0.0908. The van der Waals surface area contributed by atoms with Gasteiger partial charge in [-0.05, 0) is 50.2 Å². The summed E-state index contributed by atoms with van der Waals surface area (Å²) in [6.45, 7) is 3.84. The number of sulfonamides is 1. The molecule has 168 valence electrons. The number of non-ortho nitro benzene ring substituents is 1. The number of aromatic nitrogens is 4. The maximum Gasteiger partial charge on any atom is 0.269 e. The van der Waals surface area contributed by atoms with Gasteiger partial charge in [-0.2, -0.15) is 0 Å². The molecule has 0 saturated heterocycles. The van der Waals surface area contributed by atoms with Gasteiger partial charge in [0.05, 0.1) is 15.5 Å². The van der Waals surface area contributed by atoms with E-state index in [-0.39, 0.29) is 10.6 Å². The Bertz CT molecular complexity index is 1420. The summed E-state index contributed by atoms with van der Waals surface area (Å²) in [5.74, 6) is 1.35. The third kappa shape index (κ3) is 4.80. The highest BCUT2D eigenvalue weighted by Gasteiger charge is 2.16. The van der Waals surface area contributed by atoms with Crippen molar-refractivity contribution in [3.05, 3.63) is 88.8 Å². The van der Waals surface area contributed by atoms with E-state index in [0.717, 1.165) is 23.5 Å². The molecule has 2 aromatic carbocycles. The third-order valence-electron chi connectivity index (χ3n) is 4.81. The van der Waals surface area contributed by atoms with Crippen molar-refractivity contribution in [2.75, 3.05) is 4.72 Å². The normalized spacial score (nSPS) is 11.2. The van der Waals surface area contributed by atoms with Gasteiger partial charge in [-0.25, -0.2) is 23.4 Å². The molecule has 0 atom stereocenters. The Hall–Kier alpha value is -4.32. The van der Waals surface area contributed by atoms with Crippen molar-refractivity contribution in [3.8, 4) is 17.4 Å². The SMILES string of the molecule is Cc1ncn(-c2cc(Oc3ccc(NS(=O)(=O)c4ccc([N+](=O)[O-])cc4)cc3)ncn2)c1C. The average molecular weight is 466 g/mol. The first kappa shape index (κ1) is 21.9. The topological polar surface area (TPSA) is 142 Å². The van der Waals surface area contributed by atoms with E-state index in [1.807, 2.05) is 18.4 Å². The largest absolute Gasteiger partial charge is 0.439 e. The Morgan fingerprint density at radius 2 is 1.70 bits per heavy atom. The van der Waals surface area contributed by atoms with Crippen LogP contribution in [0.25, 0.3) is 5.82 Å². The fraction of sp³-hybridized carbons (Fsp3) is 0.0952. The fourth-order valence-electron chi connectivity index (χ4n) is 2.92. The van der Waals surface area contributed by atoms with Crippen molar-refractivity contribution >= 4 is 21.4 Å². The lowest BCUT2D eigenvalue weighted by Crippen LogP contribution is -2.12. The van der Waals surface area contributed by atoms with Gasteiger partial charge in [0.2, 0.25) is 5.88 Å². The summed E-state index contributed by atoms with van der Waals surface area (Å²) in [6.07, 6.45) is 3.05. The number of nitro groups is 1. The van der Waals surface area contributed by atoms with E-state index in [1.54, 1.807) is 24.5 Å². The third-order valence-corrected chi connectivity index (χ3v) is 6.21. The highest BCUT2D eigenvalue weighted by atomic mass is 32.2. The Morgan fingerprint density at radius 3 is 2.30 bits per heavy atom. The molecule has 0 bridgehead atoms. The molecule has 0 fully saturated rings. The van der Waals surface area contributed by atoms with E-state index in [9.17, 15) is 18.5 Å². The van der Waals surface area contributed by atoms with Crippen molar-refractivity contribution in [2.24, 2.45) is 0 Å². The van der Waals surface area contributed by atoms with E-state index in [1.165, 1.54) is 30.6 Å². The van der Waals surface area contributed by atoms with E-state index < -0.39 is 14.9 Å². The lowest BCUT2D eigenvalue weighted by atomic mass is 10.3. The molecule has 2 aromatic heterocycles. The van der Waals surface area contributed by atoms with Gasteiger partial charge in [0, 0.05) is 29.6 Å². The van der Waals surface area contributed by atoms with E-state index in [0.29, 0.717) is 23.1 Å². The highest BCUT2D eigenvalue weighted by Crippen LogP contribution is 2.25. The van der Waals surface area contributed by atoms with Crippen molar-refractivity contribution in [2.45, 2.75) is 18.7 Å². The lowest BCUT2D eigenvalue weighted by Gasteiger charge is -2.10. The van der Waals surface area contributed by atoms with Crippen LogP contribution in [0.4, 0.5) is 11.4 Å². The number of benzene rings is 2. The summed E-state index contributed by atoms with van der Waals surface area (Å²) in [5.41, 5.74) is 1.95. The predicted octanol–water partition coefficient (Wildman–Crippen LogP) is 3.78. The molecule has 0 saturated carbocycles. The number of nitro benzene ring substituents is 1. The summed E-state index contributed by atoms with van der Waals surface area (Å²) < 4.78 is 35.1. The minimum Gasteiger partial charge on any atom is -0.439 e. The second-order valence-corrected chi connectivity index (χ2v) is 8.67. The summed E-state index contributed by atoms with van der Waals surface area (Å²) >= 11 is 0. The highest BCUT2D eigenvalue weighted by molar-refractivity contribution is 7.92. The number of nitrogens with zero attached hydrogens (tertiary/aromatic N) is 5.